The average Bonchev–Trinajstić information content (AvgIpc) is 3.24. The van der Waals surface area contributed by atoms with Gasteiger partial charge in [0.2, 0.25) is 5.91 Å². The smallest absolute Gasteiger partial charge is 0.224 e. The fourth-order valence-corrected chi connectivity index (χ4v) is 3.74. The highest BCUT2D eigenvalue weighted by Gasteiger charge is 2.24. The van der Waals surface area contributed by atoms with Crippen LogP contribution in [0.3, 0.4) is 0 Å². The Morgan fingerprint density at radius 3 is 2.61 bits per heavy atom. The lowest BCUT2D eigenvalue weighted by atomic mass is 10.1. The Bertz CT molecular complexity index is 621. The molecule has 1 aliphatic rings. The van der Waals surface area contributed by atoms with Crippen LogP contribution in [0.1, 0.15) is 30.0 Å². The van der Waals surface area contributed by atoms with Crippen LogP contribution in [0.2, 0.25) is 0 Å². The number of benzene rings is 1. The summed E-state index contributed by atoms with van der Waals surface area (Å²) >= 11 is 1.69. The summed E-state index contributed by atoms with van der Waals surface area (Å²) in [6.07, 6.45) is 2.74. The van der Waals surface area contributed by atoms with Crippen LogP contribution in [0.5, 0.6) is 0 Å². The molecule has 0 saturated carbocycles. The van der Waals surface area contributed by atoms with Gasteiger partial charge in [0.15, 0.2) is 0 Å². The van der Waals surface area contributed by atoms with E-state index in [4.69, 9.17) is 0 Å². The van der Waals surface area contributed by atoms with Gasteiger partial charge in [-0.25, -0.2) is 4.39 Å². The summed E-state index contributed by atoms with van der Waals surface area (Å²) in [5.74, 6) is -0.295. The minimum atomic E-state index is -0.277. The quantitative estimate of drug-likeness (QED) is 0.879. The van der Waals surface area contributed by atoms with Crippen LogP contribution in [0.15, 0.2) is 41.1 Å². The van der Waals surface area contributed by atoms with Gasteiger partial charge in [-0.1, -0.05) is 12.1 Å². The largest absolute Gasteiger partial charge is 0.354 e. The first kappa shape index (κ1) is 16.1. The van der Waals surface area contributed by atoms with Gasteiger partial charge in [0.1, 0.15) is 5.82 Å². The van der Waals surface area contributed by atoms with Crippen LogP contribution in [-0.2, 0) is 11.2 Å². The molecule has 1 aromatic carbocycles. The number of hydrogen-bond acceptors (Lipinski definition) is 3. The molecule has 1 fully saturated rings. The van der Waals surface area contributed by atoms with Crippen LogP contribution in [0.4, 0.5) is 4.39 Å². The lowest BCUT2D eigenvalue weighted by molar-refractivity contribution is -0.120. The molecular weight excluding hydrogens is 311 g/mol. The van der Waals surface area contributed by atoms with Crippen molar-refractivity contribution in [2.24, 2.45) is 0 Å². The third-order valence-electron chi connectivity index (χ3n) is 4.28. The van der Waals surface area contributed by atoms with Crippen LogP contribution < -0.4 is 5.32 Å². The van der Waals surface area contributed by atoms with E-state index in [-0.39, 0.29) is 24.2 Å². The molecule has 1 saturated heterocycles. The van der Waals surface area contributed by atoms with E-state index in [1.165, 1.54) is 30.5 Å². The van der Waals surface area contributed by atoms with Gasteiger partial charge in [-0.05, 0) is 66.0 Å². The second kappa shape index (κ2) is 7.70. The first-order chi connectivity index (χ1) is 11.2. The molecule has 0 bridgehead atoms. The van der Waals surface area contributed by atoms with Gasteiger partial charge in [-0.3, -0.25) is 9.69 Å². The second-order valence-corrected chi connectivity index (χ2v) is 6.70. The topological polar surface area (TPSA) is 32.3 Å². The SMILES string of the molecule is O=C(Cc1ccc(F)cc1)NCC(c1ccsc1)N1CCCC1. The molecule has 1 atom stereocenters. The first-order valence-electron chi connectivity index (χ1n) is 7.99. The maximum atomic E-state index is 12.9. The standard InChI is InChI=1S/C18H21FN2OS/c19-16-5-3-14(4-6-16)11-18(22)20-12-17(15-7-10-23-13-15)21-8-1-2-9-21/h3-7,10,13,17H,1-2,8-9,11-12H2,(H,20,22). The fraction of sp³-hybridized carbons (Fsp3) is 0.389. The van der Waals surface area contributed by atoms with Crippen molar-refractivity contribution in [2.45, 2.75) is 25.3 Å². The van der Waals surface area contributed by atoms with E-state index in [2.05, 4.69) is 27.0 Å². The number of halogens is 1. The van der Waals surface area contributed by atoms with Crippen molar-refractivity contribution in [3.63, 3.8) is 0 Å². The van der Waals surface area contributed by atoms with Crippen molar-refractivity contribution >= 4 is 17.2 Å². The molecule has 1 unspecified atom stereocenters. The van der Waals surface area contributed by atoms with Gasteiger partial charge in [-0.15, -0.1) is 0 Å². The highest BCUT2D eigenvalue weighted by molar-refractivity contribution is 7.07. The van der Waals surface area contributed by atoms with Crippen molar-refractivity contribution in [1.29, 1.82) is 0 Å². The summed E-state index contributed by atoms with van der Waals surface area (Å²) in [7, 11) is 0. The number of nitrogens with zero attached hydrogens (tertiary/aromatic N) is 1. The number of amides is 1. The Labute approximate surface area is 140 Å². The zero-order chi connectivity index (χ0) is 16.1. The zero-order valence-corrected chi connectivity index (χ0v) is 13.8. The minimum Gasteiger partial charge on any atom is -0.354 e. The second-order valence-electron chi connectivity index (χ2n) is 5.92. The Morgan fingerprint density at radius 2 is 1.96 bits per heavy atom. The number of nitrogens with one attached hydrogen (secondary N) is 1. The van der Waals surface area contributed by atoms with Crippen LogP contribution in [0, 0.1) is 5.82 Å². The predicted octanol–water partition coefficient (Wildman–Crippen LogP) is 3.38. The molecule has 2 heterocycles. The number of carbonyl (C=O) groups is 1. The highest BCUT2D eigenvalue weighted by atomic mass is 32.1. The summed E-state index contributed by atoms with van der Waals surface area (Å²) in [6, 6.07) is 8.49. The molecule has 122 valence electrons. The minimum absolute atomic E-state index is 0.0176. The van der Waals surface area contributed by atoms with Gasteiger partial charge in [0.05, 0.1) is 12.5 Å². The van der Waals surface area contributed by atoms with E-state index in [9.17, 15) is 9.18 Å². The molecule has 1 aliphatic heterocycles. The van der Waals surface area contributed by atoms with Crippen molar-refractivity contribution in [3.8, 4) is 0 Å². The Balaban J connectivity index is 1.57. The predicted molar refractivity (Wildman–Crippen MR) is 91.0 cm³/mol. The number of likely N-dealkylation sites (tertiary alicyclic amines) is 1. The summed E-state index contributed by atoms with van der Waals surface area (Å²) in [4.78, 5) is 14.6. The van der Waals surface area contributed by atoms with Crippen LogP contribution >= 0.6 is 11.3 Å². The summed E-state index contributed by atoms with van der Waals surface area (Å²) < 4.78 is 12.9. The number of hydrogen-bond donors (Lipinski definition) is 1. The monoisotopic (exact) mass is 332 g/mol. The number of thiophene rings is 1. The molecule has 0 spiro atoms. The van der Waals surface area contributed by atoms with Gasteiger partial charge < -0.3 is 5.32 Å². The molecule has 1 aromatic heterocycles. The van der Waals surface area contributed by atoms with E-state index in [0.29, 0.717) is 6.54 Å². The fourth-order valence-electron chi connectivity index (χ4n) is 3.04. The van der Waals surface area contributed by atoms with Gasteiger partial charge in [0.25, 0.3) is 0 Å². The molecule has 0 radical (unpaired) electrons. The van der Waals surface area contributed by atoms with Crippen molar-refractivity contribution in [3.05, 3.63) is 58.0 Å². The van der Waals surface area contributed by atoms with Crippen LogP contribution in [-0.4, -0.2) is 30.4 Å². The zero-order valence-electron chi connectivity index (χ0n) is 13.0. The molecular formula is C18H21FN2OS. The average molecular weight is 332 g/mol. The van der Waals surface area contributed by atoms with Gasteiger partial charge >= 0.3 is 0 Å². The first-order valence-corrected chi connectivity index (χ1v) is 8.94. The van der Waals surface area contributed by atoms with Crippen molar-refractivity contribution < 1.29 is 9.18 Å². The molecule has 23 heavy (non-hydrogen) atoms. The maximum absolute atomic E-state index is 12.9. The normalized spacial score (nSPS) is 16.4. The number of rotatable bonds is 6. The highest BCUT2D eigenvalue weighted by Crippen LogP contribution is 2.26. The lowest BCUT2D eigenvalue weighted by Crippen LogP contribution is -2.37. The summed E-state index contributed by atoms with van der Waals surface area (Å²) in [6.45, 7) is 2.81. The van der Waals surface area contributed by atoms with Crippen molar-refractivity contribution in [1.82, 2.24) is 10.2 Å². The van der Waals surface area contributed by atoms with E-state index in [1.54, 1.807) is 23.5 Å². The third kappa shape index (κ3) is 4.39. The molecule has 3 rings (SSSR count). The molecule has 5 heteroatoms. The maximum Gasteiger partial charge on any atom is 0.224 e. The van der Waals surface area contributed by atoms with Crippen molar-refractivity contribution in [2.75, 3.05) is 19.6 Å². The summed E-state index contributed by atoms with van der Waals surface area (Å²) in [5, 5.41) is 7.29. The number of carbonyl (C=O) groups excluding carboxylic acids is 1. The van der Waals surface area contributed by atoms with E-state index >= 15 is 0 Å². The van der Waals surface area contributed by atoms with Gasteiger partial charge in [-0.2, -0.15) is 11.3 Å². The Hall–Kier alpha value is -1.72. The van der Waals surface area contributed by atoms with Crippen LogP contribution in [0.25, 0.3) is 0 Å². The van der Waals surface area contributed by atoms with E-state index < -0.39 is 0 Å². The van der Waals surface area contributed by atoms with E-state index in [1.807, 2.05) is 0 Å². The summed E-state index contributed by atoms with van der Waals surface area (Å²) in [5.41, 5.74) is 2.11. The van der Waals surface area contributed by atoms with E-state index in [0.717, 1.165) is 18.7 Å². The van der Waals surface area contributed by atoms with Gasteiger partial charge in [0, 0.05) is 6.54 Å². The third-order valence-corrected chi connectivity index (χ3v) is 4.98. The lowest BCUT2D eigenvalue weighted by Gasteiger charge is -2.27. The Morgan fingerprint density at radius 1 is 1.22 bits per heavy atom. The molecule has 3 nitrogen and oxygen atoms in total. The Kier molecular flexibility index (Phi) is 5.41. The molecule has 1 amide bonds. The molecule has 0 aliphatic carbocycles. The molecule has 2 aromatic rings. The molecule has 1 N–H and O–H groups in total.